The van der Waals surface area contributed by atoms with Gasteiger partial charge >= 0.3 is 0 Å². The average molecular weight is 305 g/mol. The minimum absolute atomic E-state index is 0.298. The molecule has 1 saturated carbocycles. The lowest BCUT2D eigenvalue weighted by Crippen LogP contribution is -3.14. The lowest BCUT2D eigenvalue weighted by Gasteiger charge is -2.26. The number of aromatic nitrogens is 1. The largest absolute Gasteiger partial charge is 0.370 e. The minimum Gasteiger partial charge on any atom is -0.370 e. The number of carbonyl (C=O) groups is 1. The molecule has 4 nitrogen and oxygen atoms in total. The van der Waals surface area contributed by atoms with Gasteiger partial charge in [-0.25, -0.2) is 0 Å². The van der Waals surface area contributed by atoms with Crippen LogP contribution in [0.15, 0.2) is 6.07 Å². The SMILES string of the molecule is Cc1cc(C(=O)C[NH+]2CCOCC2)c(C)n1C1CCCCC1. The second-order valence-corrected chi connectivity index (χ2v) is 6.91. The summed E-state index contributed by atoms with van der Waals surface area (Å²) in [6.45, 7) is 8.36. The van der Waals surface area contributed by atoms with Crippen molar-refractivity contribution < 1.29 is 14.4 Å². The maximum absolute atomic E-state index is 12.7. The van der Waals surface area contributed by atoms with E-state index in [4.69, 9.17) is 4.74 Å². The molecule has 0 atom stereocenters. The summed E-state index contributed by atoms with van der Waals surface area (Å²) in [6, 6.07) is 2.72. The fraction of sp³-hybridized carbons (Fsp3) is 0.722. The third kappa shape index (κ3) is 3.28. The fourth-order valence-electron chi connectivity index (χ4n) is 4.12. The number of rotatable bonds is 4. The van der Waals surface area contributed by atoms with Gasteiger partial charge in [0.2, 0.25) is 5.78 Å². The van der Waals surface area contributed by atoms with E-state index >= 15 is 0 Å². The number of hydrogen-bond acceptors (Lipinski definition) is 2. The van der Waals surface area contributed by atoms with Gasteiger partial charge in [0.05, 0.1) is 13.2 Å². The van der Waals surface area contributed by atoms with Crippen molar-refractivity contribution in [1.82, 2.24) is 4.57 Å². The zero-order valence-electron chi connectivity index (χ0n) is 14.0. The van der Waals surface area contributed by atoms with E-state index < -0.39 is 0 Å². The van der Waals surface area contributed by atoms with Gasteiger partial charge in [0.1, 0.15) is 19.6 Å². The number of Topliss-reactive ketones (excluding diaryl/α,β-unsaturated/α-hetero) is 1. The summed E-state index contributed by atoms with van der Waals surface area (Å²) in [6.07, 6.45) is 6.53. The van der Waals surface area contributed by atoms with Crippen LogP contribution in [0.4, 0.5) is 0 Å². The van der Waals surface area contributed by atoms with Crippen LogP contribution in [0.3, 0.4) is 0 Å². The molecule has 1 aromatic heterocycles. The molecule has 1 aromatic rings. The molecule has 0 spiro atoms. The maximum Gasteiger partial charge on any atom is 0.218 e. The monoisotopic (exact) mass is 305 g/mol. The summed E-state index contributed by atoms with van der Waals surface area (Å²) >= 11 is 0. The van der Waals surface area contributed by atoms with Gasteiger partial charge in [0.15, 0.2) is 0 Å². The van der Waals surface area contributed by atoms with Crippen molar-refractivity contribution in [3.8, 4) is 0 Å². The summed E-state index contributed by atoms with van der Waals surface area (Å²) < 4.78 is 7.81. The van der Waals surface area contributed by atoms with Crippen molar-refractivity contribution in [2.75, 3.05) is 32.8 Å². The summed E-state index contributed by atoms with van der Waals surface area (Å²) in [4.78, 5) is 14.1. The highest BCUT2D eigenvalue weighted by atomic mass is 16.5. The van der Waals surface area contributed by atoms with Crippen LogP contribution in [-0.2, 0) is 4.74 Å². The second kappa shape index (κ2) is 6.97. The summed E-state index contributed by atoms with van der Waals surface area (Å²) in [7, 11) is 0. The number of ketones is 1. The molecule has 1 aliphatic heterocycles. The Labute approximate surface area is 133 Å². The van der Waals surface area contributed by atoms with Crippen molar-refractivity contribution in [3.05, 3.63) is 23.0 Å². The van der Waals surface area contributed by atoms with Crippen LogP contribution in [0, 0.1) is 13.8 Å². The van der Waals surface area contributed by atoms with Crippen molar-refractivity contribution in [2.45, 2.75) is 52.0 Å². The highest BCUT2D eigenvalue weighted by molar-refractivity contribution is 5.98. The van der Waals surface area contributed by atoms with Gasteiger partial charge in [-0.05, 0) is 32.8 Å². The van der Waals surface area contributed by atoms with E-state index in [0.717, 1.165) is 31.9 Å². The summed E-state index contributed by atoms with van der Waals surface area (Å²) in [5.74, 6) is 0.298. The van der Waals surface area contributed by atoms with Gasteiger partial charge in [0.25, 0.3) is 0 Å². The van der Waals surface area contributed by atoms with Crippen molar-refractivity contribution >= 4 is 5.78 Å². The van der Waals surface area contributed by atoms with Gasteiger partial charge in [-0.2, -0.15) is 0 Å². The highest BCUT2D eigenvalue weighted by Crippen LogP contribution is 2.32. The maximum atomic E-state index is 12.7. The lowest BCUT2D eigenvalue weighted by molar-refractivity contribution is -0.899. The quantitative estimate of drug-likeness (QED) is 0.860. The third-order valence-electron chi connectivity index (χ3n) is 5.34. The van der Waals surface area contributed by atoms with Crippen molar-refractivity contribution in [3.63, 3.8) is 0 Å². The first kappa shape index (κ1) is 15.8. The molecule has 0 bridgehead atoms. The van der Waals surface area contributed by atoms with Gasteiger partial charge in [-0.15, -0.1) is 0 Å². The van der Waals surface area contributed by atoms with Gasteiger partial charge in [-0.1, -0.05) is 19.3 Å². The van der Waals surface area contributed by atoms with Crippen LogP contribution < -0.4 is 4.90 Å². The van der Waals surface area contributed by atoms with E-state index in [1.165, 1.54) is 48.4 Å². The topological polar surface area (TPSA) is 35.7 Å². The number of nitrogens with one attached hydrogen (secondary N) is 1. The third-order valence-corrected chi connectivity index (χ3v) is 5.34. The predicted octanol–water partition coefficient (Wildman–Crippen LogP) is 1.71. The number of nitrogens with zero attached hydrogens (tertiary/aromatic N) is 1. The summed E-state index contributed by atoms with van der Waals surface area (Å²) in [5.41, 5.74) is 3.38. The average Bonchev–Trinajstić information content (AvgIpc) is 2.84. The van der Waals surface area contributed by atoms with Crippen LogP contribution in [-0.4, -0.2) is 43.2 Å². The summed E-state index contributed by atoms with van der Waals surface area (Å²) in [5, 5.41) is 0. The zero-order valence-corrected chi connectivity index (χ0v) is 14.0. The van der Waals surface area contributed by atoms with E-state index in [9.17, 15) is 4.79 Å². The van der Waals surface area contributed by atoms with E-state index in [-0.39, 0.29) is 0 Å². The Morgan fingerprint density at radius 1 is 1.23 bits per heavy atom. The van der Waals surface area contributed by atoms with Crippen LogP contribution in [0.1, 0.15) is 59.9 Å². The van der Waals surface area contributed by atoms with E-state index in [0.29, 0.717) is 18.4 Å². The number of ether oxygens (including phenoxy) is 1. The molecule has 122 valence electrons. The molecule has 1 aliphatic carbocycles. The van der Waals surface area contributed by atoms with E-state index in [1.807, 2.05) is 0 Å². The second-order valence-electron chi connectivity index (χ2n) is 6.91. The fourth-order valence-corrected chi connectivity index (χ4v) is 4.12. The predicted molar refractivity (Wildman–Crippen MR) is 86.7 cm³/mol. The number of hydrogen-bond donors (Lipinski definition) is 1. The molecule has 2 fully saturated rings. The molecule has 0 radical (unpaired) electrons. The Kier molecular flexibility index (Phi) is 4.99. The number of carbonyl (C=O) groups excluding carboxylic acids is 1. The number of morpholine rings is 1. The van der Waals surface area contributed by atoms with E-state index in [1.54, 1.807) is 0 Å². The Morgan fingerprint density at radius 3 is 2.59 bits per heavy atom. The molecule has 0 unspecified atom stereocenters. The normalized spacial score (nSPS) is 21.2. The highest BCUT2D eigenvalue weighted by Gasteiger charge is 2.25. The molecule has 22 heavy (non-hydrogen) atoms. The minimum atomic E-state index is 0.298. The van der Waals surface area contributed by atoms with Crippen molar-refractivity contribution in [2.24, 2.45) is 0 Å². The first-order valence-electron chi connectivity index (χ1n) is 8.79. The van der Waals surface area contributed by atoms with Crippen LogP contribution in [0.5, 0.6) is 0 Å². The molecular weight excluding hydrogens is 276 g/mol. The number of quaternary nitrogens is 1. The molecule has 1 saturated heterocycles. The molecule has 4 heteroatoms. The van der Waals surface area contributed by atoms with Crippen LogP contribution in [0.2, 0.25) is 0 Å². The molecular formula is C18H29N2O2+. The molecule has 2 aliphatic rings. The van der Waals surface area contributed by atoms with Gasteiger partial charge < -0.3 is 14.2 Å². The van der Waals surface area contributed by atoms with E-state index in [2.05, 4.69) is 24.5 Å². The Hall–Kier alpha value is -1.13. The lowest BCUT2D eigenvalue weighted by atomic mass is 9.95. The Bertz CT molecular complexity index is 523. The first-order chi connectivity index (χ1) is 10.7. The molecule has 0 amide bonds. The molecule has 2 heterocycles. The van der Waals surface area contributed by atoms with Crippen molar-refractivity contribution in [1.29, 1.82) is 0 Å². The van der Waals surface area contributed by atoms with Gasteiger partial charge in [0, 0.05) is 23.0 Å². The standard InChI is InChI=1S/C18H28N2O2/c1-14-12-17(18(21)13-19-8-10-22-11-9-19)15(2)20(14)16-6-4-3-5-7-16/h12,16H,3-11,13H2,1-2H3/p+1. The smallest absolute Gasteiger partial charge is 0.218 e. The number of aryl methyl sites for hydroxylation is 1. The Balaban J connectivity index is 1.74. The van der Waals surface area contributed by atoms with Crippen LogP contribution in [0.25, 0.3) is 0 Å². The molecule has 0 aromatic carbocycles. The van der Waals surface area contributed by atoms with Gasteiger partial charge in [-0.3, -0.25) is 4.79 Å². The zero-order chi connectivity index (χ0) is 15.5. The Morgan fingerprint density at radius 2 is 1.91 bits per heavy atom. The molecule has 3 rings (SSSR count). The molecule has 1 N–H and O–H groups in total. The van der Waals surface area contributed by atoms with Crippen LogP contribution >= 0.6 is 0 Å². The first-order valence-corrected chi connectivity index (χ1v) is 8.79.